The second kappa shape index (κ2) is 7.42. The molecule has 10 heavy (non-hydrogen) atoms. The molecule has 0 rings (SSSR count). The van der Waals surface area contributed by atoms with Crippen molar-refractivity contribution in [1.29, 1.82) is 0 Å². The molecule has 2 heteroatoms. The maximum Gasteiger partial charge on any atom is 0.0694 e. The van der Waals surface area contributed by atoms with Crippen molar-refractivity contribution < 1.29 is 4.18 Å². The first-order valence-corrected chi connectivity index (χ1v) is 5.15. The highest BCUT2D eigenvalue weighted by atomic mass is 32.2. The van der Waals surface area contributed by atoms with Gasteiger partial charge < -0.3 is 4.18 Å². The molecule has 0 aromatic heterocycles. The van der Waals surface area contributed by atoms with Crippen LogP contribution >= 0.6 is 12.0 Å². The van der Waals surface area contributed by atoms with E-state index in [1.54, 1.807) is 0 Å². The summed E-state index contributed by atoms with van der Waals surface area (Å²) in [5.74, 6) is 0. The van der Waals surface area contributed by atoms with Crippen LogP contribution in [0.3, 0.4) is 0 Å². The fraction of sp³-hybridized carbons (Fsp3) is 1.00. The molecule has 0 aromatic carbocycles. The van der Waals surface area contributed by atoms with Crippen LogP contribution in [-0.2, 0) is 4.18 Å². The lowest BCUT2D eigenvalue weighted by atomic mass is 10.1. The third kappa shape index (κ3) is 6.43. The van der Waals surface area contributed by atoms with Gasteiger partial charge in [-0.25, -0.2) is 0 Å². The van der Waals surface area contributed by atoms with Crippen molar-refractivity contribution in [2.24, 2.45) is 0 Å². The van der Waals surface area contributed by atoms with Gasteiger partial charge in [0.1, 0.15) is 0 Å². The molecule has 0 aromatic rings. The average molecular weight is 162 g/mol. The van der Waals surface area contributed by atoms with Crippen molar-refractivity contribution in [1.82, 2.24) is 0 Å². The van der Waals surface area contributed by atoms with E-state index in [0.717, 1.165) is 0 Å². The van der Waals surface area contributed by atoms with Crippen molar-refractivity contribution >= 4 is 12.0 Å². The van der Waals surface area contributed by atoms with Gasteiger partial charge in [-0.3, -0.25) is 0 Å². The molecule has 0 aliphatic carbocycles. The predicted octanol–water partition coefficient (Wildman–Crippen LogP) is 3.25. The minimum absolute atomic E-state index is 0.432. The lowest BCUT2D eigenvalue weighted by Gasteiger charge is -2.08. The summed E-state index contributed by atoms with van der Waals surface area (Å²) < 4.78 is 5.31. The lowest BCUT2D eigenvalue weighted by molar-refractivity contribution is 0.247. The Morgan fingerprint density at radius 1 is 1.40 bits per heavy atom. The Kier molecular flexibility index (Phi) is 7.65. The minimum atomic E-state index is 0.432. The van der Waals surface area contributed by atoms with Gasteiger partial charge in [-0.05, 0) is 25.4 Å². The number of unbranched alkanes of at least 4 members (excludes halogenated alkanes) is 2. The van der Waals surface area contributed by atoms with Crippen molar-refractivity contribution in [2.75, 3.05) is 6.26 Å². The normalized spacial score (nSPS) is 13.5. The zero-order valence-corrected chi connectivity index (χ0v) is 8.04. The smallest absolute Gasteiger partial charge is 0.0694 e. The van der Waals surface area contributed by atoms with E-state index in [2.05, 4.69) is 13.8 Å². The third-order valence-corrected chi connectivity index (χ3v) is 2.00. The highest BCUT2D eigenvalue weighted by molar-refractivity contribution is 7.93. The van der Waals surface area contributed by atoms with Gasteiger partial charge in [0.05, 0.1) is 6.10 Å². The second-order valence-electron chi connectivity index (χ2n) is 2.57. The maximum atomic E-state index is 5.31. The fourth-order valence-electron chi connectivity index (χ4n) is 0.894. The van der Waals surface area contributed by atoms with Crippen molar-refractivity contribution in [3.8, 4) is 0 Å². The molecule has 1 atom stereocenters. The first kappa shape index (κ1) is 10.3. The zero-order chi connectivity index (χ0) is 7.82. The third-order valence-electron chi connectivity index (χ3n) is 1.47. The van der Waals surface area contributed by atoms with E-state index in [-0.39, 0.29) is 0 Å². The fourth-order valence-corrected chi connectivity index (χ4v) is 1.32. The van der Waals surface area contributed by atoms with Crippen LogP contribution in [0.4, 0.5) is 0 Å². The standard InChI is InChI=1S/C8H18OS/c1-4-5-6-7-8(2)9-10-3/h8H,4-7H2,1-3H3. The van der Waals surface area contributed by atoms with Gasteiger partial charge in [0, 0.05) is 6.26 Å². The molecule has 0 radical (unpaired) electrons. The Balaban J connectivity index is 2.97. The minimum Gasteiger partial charge on any atom is -0.313 e. The van der Waals surface area contributed by atoms with Crippen LogP contribution in [0.2, 0.25) is 0 Å². The van der Waals surface area contributed by atoms with Crippen LogP contribution in [0, 0.1) is 0 Å². The molecule has 0 heterocycles. The quantitative estimate of drug-likeness (QED) is 0.438. The lowest BCUT2D eigenvalue weighted by Crippen LogP contribution is -2.01. The van der Waals surface area contributed by atoms with Crippen LogP contribution in [0.25, 0.3) is 0 Å². The van der Waals surface area contributed by atoms with E-state index in [4.69, 9.17) is 4.18 Å². The second-order valence-corrected chi connectivity index (χ2v) is 3.10. The first-order valence-electron chi connectivity index (χ1n) is 4.00. The van der Waals surface area contributed by atoms with E-state index in [1.165, 1.54) is 37.7 Å². The highest BCUT2D eigenvalue weighted by Crippen LogP contribution is 2.10. The topological polar surface area (TPSA) is 9.23 Å². The van der Waals surface area contributed by atoms with E-state index in [1.807, 2.05) is 6.26 Å². The molecule has 0 fully saturated rings. The van der Waals surface area contributed by atoms with Crippen LogP contribution in [0.15, 0.2) is 0 Å². The Hall–Kier alpha value is 0.310. The molecule has 0 saturated carbocycles. The predicted molar refractivity (Wildman–Crippen MR) is 48.2 cm³/mol. The molecule has 0 amide bonds. The molecule has 62 valence electrons. The summed E-state index contributed by atoms with van der Waals surface area (Å²) >= 11 is 1.47. The monoisotopic (exact) mass is 162 g/mol. The van der Waals surface area contributed by atoms with Gasteiger partial charge in [-0.15, -0.1) is 0 Å². The first-order chi connectivity index (χ1) is 4.81. The summed E-state index contributed by atoms with van der Waals surface area (Å²) in [5, 5.41) is 0. The number of rotatable bonds is 6. The van der Waals surface area contributed by atoms with Crippen LogP contribution in [0.5, 0.6) is 0 Å². The Bertz CT molecular complexity index is 66.3. The zero-order valence-electron chi connectivity index (χ0n) is 7.22. The van der Waals surface area contributed by atoms with Gasteiger partial charge in [-0.2, -0.15) is 0 Å². The van der Waals surface area contributed by atoms with Gasteiger partial charge in [0.25, 0.3) is 0 Å². The van der Waals surface area contributed by atoms with Crippen molar-refractivity contribution in [3.05, 3.63) is 0 Å². The number of hydrogen-bond acceptors (Lipinski definition) is 2. The molecule has 1 nitrogen and oxygen atoms in total. The Morgan fingerprint density at radius 3 is 2.60 bits per heavy atom. The molecule has 0 aliphatic rings. The van der Waals surface area contributed by atoms with Gasteiger partial charge in [-0.1, -0.05) is 26.2 Å². The SMILES string of the molecule is CCCCCC(C)OSC. The molecule has 0 bridgehead atoms. The summed E-state index contributed by atoms with van der Waals surface area (Å²) in [4.78, 5) is 0. The summed E-state index contributed by atoms with van der Waals surface area (Å²) in [5.41, 5.74) is 0. The van der Waals surface area contributed by atoms with Gasteiger partial charge in [0.2, 0.25) is 0 Å². The molecule has 0 N–H and O–H groups in total. The summed E-state index contributed by atoms with van der Waals surface area (Å²) in [6.45, 7) is 4.35. The molecule has 0 saturated heterocycles. The maximum absolute atomic E-state index is 5.31. The number of hydrogen-bond donors (Lipinski definition) is 0. The van der Waals surface area contributed by atoms with E-state index >= 15 is 0 Å². The van der Waals surface area contributed by atoms with Crippen LogP contribution < -0.4 is 0 Å². The Labute approximate surface area is 68.7 Å². The van der Waals surface area contributed by atoms with Crippen LogP contribution in [-0.4, -0.2) is 12.4 Å². The largest absolute Gasteiger partial charge is 0.313 e. The van der Waals surface area contributed by atoms with Crippen molar-refractivity contribution in [2.45, 2.75) is 45.6 Å². The summed E-state index contributed by atoms with van der Waals surface area (Å²) in [6.07, 6.45) is 7.54. The molecule has 0 spiro atoms. The molecule has 1 unspecified atom stereocenters. The van der Waals surface area contributed by atoms with Gasteiger partial charge >= 0.3 is 0 Å². The molecular formula is C8H18OS. The van der Waals surface area contributed by atoms with Crippen molar-refractivity contribution in [3.63, 3.8) is 0 Å². The average Bonchev–Trinajstić information content (AvgIpc) is 1.89. The van der Waals surface area contributed by atoms with E-state index in [9.17, 15) is 0 Å². The van der Waals surface area contributed by atoms with Gasteiger partial charge in [0.15, 0.2) is 0 Å². The van der Waals surface area contributed by atoms with E-state index < -0.39 is 0 Å². The summed E-state index contributed by atoms with van der Waals surface area (Å²) in [7, 11) is 0. The molecular weight excluding hydrogens is 144 g/mol. The summed E-state index contributed by atoms with van der Waals surface area (Å²) in [6, 6.07) is 0. The Morgan fingerprint density at radius 2 is 2.10 bits per heavy atom. The molecule has 0 aliphatic heterocycles. The highest BCUT2D eigenvalue weighted by Gasteiger charge is 1.99. The van der Waals surface area contributed by atoms with Crippen LogP contribution in [0.1, 0.15) is 39.5 Å². The van der Waals surface area contributed by atoms with E-state index in [0.29, 0.717) is 6.10 Å².